The van der Waals surface area contributed by atoms with Crippen molar-refractivity contribution in [2.75, 3.05) is 23.7 Å². The number of anilines is 1. The molecule has 0 bridgehead atoms. The van der Waals surface area contributed by atoms with Gasteiger partial charge in [-0.05, 0) is 43.4 Å². The molecule has 0 saturated carbocycles. The summed E-state index contributed by atoms with van der Waals surface area (Å²) in [6.07, 6.45) is 1.50. The smallest absolute Gasteiger partial charge is 0.244 e. The van der Waals surface area contributed by atoms with Crippen molar-refractivity contribution in [1.29, 1.82) is 0 Å². The Morgan fingerprint density at radius 1 is 1.03 bits per heavy atom. The molecular formula is C26H37N3O4S. The van der Waals surface area contributed by atoms with Crippen molar-refractivity contribution in [1.82, 2.24) is 10.2 Å². The second-order valence-electron chi connectivity index (χ2n) is 9.13. The molecule has 1 N–H and O–H groups in total. The molecule has 2 amide bonds. The average Bonchev–Trinajstić information content (AvgIpc) is 2.76. The quantitative estimate of drug-likeness (QED) is 0.524. The van der Waals surface area contributed by atoms with Crippen molar-refractivity contribution in [2.24, 2.45) is 5.92 Å². The standard InChI is InChI=1S/C26H37N3O4S/c1-7-23(26(31)27-16-19(2)3)28(17-22-11-9-8-10-12-22)25(30)18-29(34(6,32)33)24-14-13-20(4)15-21(24)5/h8-15,19,23H,7,16-18H2,1-6H3,(H,27,31)/t23-/m0/s1. The maximum Gasteiger partial charge on any atom is 0.244 e. The van der Waals surface area contributed by atoms with E-state index in [-0.39, 0.29) is 24.9 Å². The highest BCUT2D eigenvalue weighted by molar-refractivity contribution is 7.92. The van der Waals surface area contributed by atoms with Crippen LogP contribution in [-0.2, 0) is 26.2 Å². The van der Waals surface area contributed by atoms with Gasteiger partial charge in [0, 0.05) is 13.1 Å². The fourth-order valence-corrected chi connectivity index (χ4v) is 4.71. The molecule has 1 atom stereocenters. The highest BCUT2D eigenvalue weighted by atomic mass is 32.2. The number of carbonyl (C=O) groups excluding carboxylic acids is 2. The van der Waals surface area contributed by atoms with Gasteiger partial charge < -0.3 is 10.2 Å². The first-order valence-corrected chi connectivity index (χ1v) is 13.4. The van der Waals surface area contributed by atoms with Crippen LogP contribution in [0.15, 0.2) is 48.5 Å². The van der Waals surface area contributed by atoms with Gasteiger partial charge in [-0.2, -0.15) is 0 Å². The number of hydrogen-bond donors (Lipinski definition) is 1. The molecule has 186 valence electrons. The van der Waals surface area contributed by atoms with Gasteiger partial charge in [-0.15, -0.1) is 0 Å². The van der Waals surface area contributed by atoms with Gasteiger partial charge in [-0.25, -0.2) is 8.42 Å². The molecule has 8 heteroatoms. The van der Waals surface area contributed by atoms with E-state index >= 15 is 0 Å². The predicted molar refractivity (Wildman–Crippen MR) is 137 cm³/mol. The van der Waals surface area contributed by atoms with Crippen LogP contribution in [0.5, 0.6) is 0 Å². The number of benzene rings is 2. The van der Waals surface area contributed by atoms with Crippen LogP contribution < -0.4 is 9.62 Å². The van der Waals surface area contributed by atoms with E-state index in [0.29, 0.717) is 18.7 Å². The van der Waals surface area contributed by atoms with Gasteiger partial charge in [0.15, 0.2) is 0 Å². The highest BCUT2D eigenvalue weighted by Gasteiger charge is 2.32. The minimum Gasteiger partial charge on any atom is -0.354 e. The van der Waals surface area contributed by atoms with E-state index in [4.69, 9.17) is 0 Å². The minimum atomic E-state index is -3.74. The molecule has 0 saturated heterocycles. The van der Waals surface area contributed by atoms with E-state index in [0.717, 1.165) is 27.3 Å². The van der Waals surface area contributed by atoms with Crippen molar-refractivity contribution >= 4 is 27.5 Å². The van der Waals surface area contributed by atoms with Gasteiger partial charge >= 0.3 is 0 Å². The number of nitrogens with one attached hydrogen (secondary N) is 1. The number of sulfonamides is 1. The largest absolute Gasteiger partial charge is 0.354 e. The monoisotopic (exact) mass is 487 g/mol. The third-order valence-electron chi connectivity index (χ3n) is 5.57. The maximum absolute atomic E-state index is 13.6. The van der Waals surface area contributed by atoms with E-state index in [2.05, 4.69) is 5.32 Å². The Kier molecular flexibility index (Phi) is 9.67. The molecule has 0 aromatic heterocycles. The van der Waals surface area contributed by atoms with E-state index in [1.165, 1.54) is 4.90 Å². The molecule has 2 aromatic carbocycles. The molecule has 0 aliphatic rings. The summed E-state index contributed by atoms with van der Waals surface area (Å²) >= 11 is 0. The van der Waals surface area contributed by atoms with Crippen LogP contribution in [0, 0.1) is 19.8 Å². The van der Waals surface area contributed by atoms with Gasteiger partial charge in [-0.3, -0.25) is 13.9 Å². The third kappa shape index (κ3) is 7.58. The molecule has 34 heavy (non-hydrogen) atoms. The summed E-state index contributed by atoms with van der Waals surface area (Å²) < 4.78 is 26.5. The molecule has 0 radical (unpaired) electrons. The number of rotatable bonds is 11. The average molecular weight is 488 g/mol. The van der Waals surface area contributed by atoms with Crippen LogP contribution in [0.2, 0.25) is 0 Å². The van der Waals surface area contributed by atoms with Crippen LogP contribution in [0.4, 0.5) is 5.69 Å². The number of amides is 2. The lowest BCUT2D eigenvalue weighted by Gasteiger charge is -2.33. The number of nitrogens with zero attached hydrogens (tertiary/aromatic N) is 2. The Bertz CT molecular complexity index is 1080. The summed E-state index contributed by atoms with van der Waals surface area (Å²) in [5, 5.41) is 2.92. The van der Waals surface area contributed by atoms with Gasteiger partial charge in [-0.1, -0.05) is 68.8 Å². The lowest BCUT2D eigenvalue weighted by molar-refractivity contribution is -0.140. The maximum atomic E-state index is 13.6. The van der Waals surface area contributed by atoms with E-state index in [9.17, 15) is 18.0 Å². The number of carbonyl (C=O) groups is 2. The fraction of sp³-hybridized carbons (Fsp3) is 0.462. The van der Waals surface area contributed by atoms with E-state index < -0.39 is 22.0 Å². The number of aryl methyl sites for hydroxylation is 2. The Morgan fingerprint density at radius 2 is 1.68 bits per heavy atom. The summed E-state index contributed by atoms with van der Waals surface area (Å²) in [4.78, 5) is 28.2. The van der Waals surface area contributed by atoms with Crippen LogP contribution in [-0.4, -0.2) is 50.5 Å². The molecule has 2 rings (SSSR count). The van der Waals surface area contributed by atoms with Crippen LogP contribution >= 0.6 is 0 Å². The lowest BCUT2D eigenvalue weighted by Crippen LogP contribution is -2.52. The molecule has 0 fully saturated rings. The summed E-state index contributed by atoms with van der Waals surface area (Å²) in [7, 11) is -3.74. The Hall–Kier alpha value is -2.87. The zero-order chi connectivity index (χ0) is 25.5. The fourth-order valence-electron chi connectivity index (χ4n) is 3.80. The van der Waals surface area contributed by atoms with Crippen molar-refractivity contribution in [2.45, 2.75) is 53.6 Å². The highest BCUT2D eigenvalue weighted by Crippen LogP contribution is 2.24. The molecule has 0 aliphatic carbocycles. The van der Waals surface area contributed by atoms with Crippen molar-refractivity contribution in [3.05, 3.63) is 65.2 Å². The zero-order valence-corrected chi connectivity index (χ0v) is 21.9. The van der Waals surface area contributed by atoms with Gasteiger partial charge in [0.2, 0.25) is 21.8 Å². The SMILES string of the molecule is CC[C@@H](C(=O)NCC(C)C)N(Cc1ccccc1)C(=O)CN(c1ccc(C)cc1C)S(C)(=O)=O. The van der Waals surface area contributed by atoms with Crippen LogP contribution in [0.3, 0.4) is 0 Å². The molecule has 2 aromatic rings. The first kappa shape index (κ1) is 27.4. The third-order valence-corrected chi connectivity index (χ3v) is 6.69. The Morgan fingerprint density at radius 3 is 2.21 bits per heavy atom. The van der Waals surface area contributed by atoms with Gasteiger partial charge in [0.05, 0.1) is 11.9 Å². The topological polar surface area (TPSA) is 86.8 Å². The lowest BCUT2D eigenvalue weighted by atomic mass is 10.1. The molecular weight excluding hydrogens is 450 g/mol. The molecule has 7 nitrogen and oxygen atoms in total. The van der Waals surface area contributed by atoms with E-state index in [1.807, 2.05) is 77.1 Å². The van der Waals surface area contributed by atoms with Crippen LogP contribution in [0.1, 0.15) is 43.9 Å². The number of hydrogen-bond acceptors (Lipinski definition) is 4. The van der Waals surface area contributed by atoms with Crippen molar-refractivity contribution in [3.8, 4) is 0 Å². The van der Waals surface area contributed by atoms with Crippen molar-refractivity contribution in [3.63, 3.8) is 0 Å². The summed E-state index contributed by atoms with van der Waals surface area (Å²) in [5.74, 6) is -0.399. The first-order valence-electron chi connectivity index (χ1n) is 11.6. The normalized spacial score (nSPS) is 12.3. The van der Waals surface area contributed by atoms with Gasteiger partial charge in [0.25, 0.3) is 0 Å². The summed E-state index contributed by atoms with van der Waals surface area (Å²) in [5.41, 5.74) is 3.08. The molecule has 0 spiro atoms. The molecule has 0 unspecified atom stereocenters. The Labute approximate surface area is 204 Å². The first-order chi connectivity index (χ1) is 15.9. The zero-order valence-electron chi connectivity index (χ0n) is 21.0. The van der Waals surface area contributed by atoms with Crippen LogP contribution in [0.25, 0.3) is 0 Å². The second-order valence-corrected chi connectivity index (χ2v) is 11.0. The summed E-state index contributed by atoms with van der Waals surface area (Å²) in [6, 6.07) is 14.1. The summed E-state index contributed by atoms with van der Waals surface area (Å²) in [6.45, 7) is 9.92. The predicted octanol–water partition coefficient (Wildman–Crippen LogP) is 3.65. The van der Waals surface area contributed by atoms with E-state index in [1.54, 1.807) is 6.07 Å². The second kappa shape index (κ2) is 12.0. The molecule has 0 heterocycles. The molecule has 0 aliphatic heterocycles. The van der Waals surface area contributed by atoms with Gasteiger partial charge in [0.1, 0.15) is 12.6 Å². The van der Waals surface area contributed by atoms with Crippen molar-refractivity contribution < 1.29 is 18.0 Å². The Balaban J connectivity index is 2.42. The minimum absolute atomic E-state index is 0.206.